The molecule has 0 spiro atoms. The first-order valence-electron chi connectivity index (χ1n) is 10.0. The van der Waals surface area contributed by atoms with Crippen LogP contribution in [-0.4, -0.2) is 25.3 Å². The highest BCUT2D eigenvalue weighted by Gasteiger charge is 2.60. The molecule has 2 atom stereocenters. The van der Waals surface area contributed by atoms with E-state index in [2.05, 4.69) is 54.2 Å². The Kier molecular flexibility index (Phi) is 6.38. The summed E-state index contributed by atoms with van der Waals surface area (Å²) >= 11 is 2.74. The summed E-state index contributed by atoms with van der Waals surface area (Å²) in [5, 5.41) is 28.2. The molecule has 1 aliphatic carbocycles. The Balaban J connectivity index is 1.29. The lowest BCUT2D eigenvalue weighted by atomic mass is 10.1. The van der Waals surface area contributed by atoms with E-state index in [1.165, 1.54) is 41.2 Å². The summed E-state index contributed by atoms with van der Waals surface area (Å²) < 4.78 is 11.5. The predicted octanol–water partition coefficient (Wildman–Crippen LogP) is 5.65. The van der Waals surface area contributed by atoms with Gasteiger partial charge >= 0.3 is 0 Å². The van der Waals surface area contributed by atoms with Gasteiger partial charge in [0.05, 0.1) is 10.7 Å². The van der Waals surface area contributed by atoms with Gasteiger partial charge in [0.25, 0.3) is 16.1 Å². The molecule has 0 unspecified atom stereocenters. The van der Waals surface area contributed by atoms with Crippen molar-refractivity contribution in [1.82, 2.24) is 20.4 Å². The fourth-order valence-corrected chi connectivity index (χ4v) is 4.90. The smallest absolute Gasteiger partial charge is 0.277 e. The van der Waals surface area contributed by atoms with Crippen molar-refractivity contribution in [1.29, 1.82) is 0 Å². The van der Waals surface area contributed by atoms with E-state index < -0.39 is 4.92 Å². The molecule has 9 nitrogen and oxygen atoms in total. The minimum absolute atomic E-state index is 0.0674. The van der Waals surface area contributed by atoms with E-state index in [0.717, 1.165) is 5.56 Å². The molecule has 0 bridgehead atoms. The van der Waals surface area contributed by atoms with Crippen LogP contribution in [0.25, 0.3) is 0 Å². The molecule has 0 amide bonds. The van der Waals surface area contributed by atoms with E-state index in [1.54, 1.807) is 12.1 Å². The number of thioether (sulfide) groups is 2. The van der Waals surface area contributed by atoms with Crippen LogP contribution < -0.4 is 0 Å². The monoisotopic (exact) mass is 473 g/mol. The van der Waals surface area contributed by atoms with Crippen molar-refractivity contribution in [2.24, 2.45) is 11.3 Å². The van der Waals surface area contributed by atoms with Crippen molar-refractivity contribution < 1.29 is 13.8 Å². The van der Waals surface area contributed by atoms with Gasteiger partial charge in [0.2, 0.25) is 11.8 Å². The summed E-state index contributed by atoms with van der Waals surface area (Å²) in [6.07, 6.45) is 2.27. The fourth-order valence-electron chi connectivity index (χ4n) is 3.56. The SMILES string of the molecule is CC(C)=C[C@@H]1[C@@H](c2nnc(SCc3nnc(SCc4ccc([N+](=O)[O-])cc4)o3)o2)C1(C)C. The Morgan fingerprint density at radius 1 is 1.06 bits per heavy atom. The lowest BCUT2D eigenvalue weighted by Crippen LogP contribution is -1.90. The van der Waals surface area contributed by atoms with Crippen molar-refractivity contribution in [3.8, 4) is 0 Å². The predicted molar refractivity (Wildman–Crippen MR) is 120 cm³/mol. The molecular weight excluding hydrogens is 450 g/mol. The first-order valence-corrected chi connectivity index (χ1v) is 12.0. The van der Waals surface area contributed by atoms with Gasteiger partial charge in [-0.25, -0.2) is 0 Å². The lowest BCUT2D eigenvalue weighted by molar-refractivity contribution is -0.384. The summed E-state index contributed by atoms with van der Waals surface area (Å²) in [5.41, 5.74) is 2.41. The zero-order chi connectivity index (χ0) is 22.9. The van der Waals surface area contributed by atoms with Gasteiger partial charge in [-0.05, 0) is 30.7 Å². The number of non-ortho nitro benzene ring substituents is 1. The molecule has 32 heavy (non-hydrogen) atoms. The van der Waals surface area contributed by atoms with Crippen molar-refractivity contribution in [3.05, 3.63) is 63.4 Å². The largest absolute Gasteiger partial charge is 0.416 e. The third-order valence-electron chi connectivity index (χ3n) is 5.39. The summed E-state index contributed by atoms with van der Waals surface area (Å²) in [5.74, 6) is 2.80. The van der Waals surface area contributed by atoms with Crippen molar-refractivity contribution in [3.63, 3.8) is 0 Å². The number of nitro groups is 1. The Bertz CT molecular complexity index is 1140. The Morgan fingerprint density at radius 2 is 1.72 bits per heavy atom. The standard InChI is InChI=1S/C21H23N5O4S2/c1-12(2)9-15-17(21(15,3)4)18-23-25-20(30-18)32-11-16-22-24-19(29-16)31-10-13-5-7-14(8-6-13)26(27)28/h5-9,15,17H,10-11H2,1-4H3/t15-,17+/m1/s1. The van der Waals surface area contributed by atoms with Crippen LogP contribution in [0.4, 0.5) is 5.69 Å². The molecular formula is C21H23N5O4S2. The average Bonchev–Trinajstić information content (AvgIpc) is 3.17. The minimum Gasteiger partial charge on any atom is -0.416 e. The number of hydrogen-bond acceptors (Lipinski definition) is 10. The topological polar surface area (TPSA) is 121 Å². The first kappa shape index (κ1) is 22.5. The number of allylic oxidation sites excluding steroid dienone is 2. The maximum Gasteiger partial charge on any atom is 0.277 e. The molecule has 0 saturated heterocycles. The third-order valence-corrected chi connectivity index (χ3v) is 7.08. The van der Waals surface area contributed by atoms with Crippen LogP contribution in [0.5, 0.6) is 0 Å². The molecule has 168 valence electrons. The minimum atomic E-state index is -0.418. The fraction of sp³-hybridized carbons (Fsp3) is 0.429. The molecule has 0 radical (unpaired) electrons. The van der Waals surface area contributed by atoms with Crippen LogP contribution in [0.3, 0.4) is 0 Å². The average molecular weight is 474 g/mol. The van der Waals surface area contributed by atoms with Gasteiger partial charge in [-0.15, -0.1) is 20.4 Å². The van der Waals surface area contributed by atoms with Gasteiger partial charge in [0, 0.05) is 23.8 Å². The molecule has 2 heterocycles. The highest BCUT2D eigenvalue weighted by Crippen LogP contribution is 2.65. The Labute approximate surface area is 193 Å². The highest BCUT2D eigenvalue weighted by molar-refractivity contribution is 7.98. The van der Waals surface area contributed by atoms with Crippen molar-refractivity contribution in [2.75, 3.05) is 0 Å². The van der Waals surface area contributed by atoms with Gasteiger partial charge in [0.15, 0.2) is 0 Å². The number of nitro benzene ring substituents is 1. The Hall–Kier alpha value is -2.66. The van der Waals surface area contributed by atoms with E-state index in [4.69, 9.17) is 8.83 Å². The van der Waals surface area contributed by atoms with Gasteiger partial charge in [-0.2, -0.15) is 0 Å². The molecule has 1 aliphatic rings. The van der Waals surface area contributed by atoms with Gasteiger partial charge < -0.3 is 8.83 Å². The number of rotatable bonds is 9. The maximum atomic E-state index is 10.7. The second kappa shape index (κ2) is 9.07. The molecule has 1 aromatic carbocycles. The van der Waals surface area contributed by atoms with Crippen molar-refractivity contribution >= 4 is 29.2 Å². The van der Waals surface area contributed by atoms with E-state index >= 15 is 0 Å². The molecule has 2 aromatic heterocycles. The third kappa shape index (κ3) is 5.04. The first-order chi connectivity index (χ1) is 15.2. The molecule has 0 aliphatic heterocycles. The second-order valence-electron chi connectivity index (χ2n) is 8.44. The van der Waals surface area contributed by atoms with E-state index in [-0.39, 0.29) is 17.0 Å². The summed E-state index contributed by atoms with van der Waals surface area (Å²) in [6.45, 7) is 8.63. The molecule has 4 rings (SSSR count). The number of benzene rings is 1. The summed E-state index contributed by atoms with van der Waals surface area (Å²) in [7, 11) is 0. The van der Waals surface area contributed by atoms with Crippen LogP contribution in [0, 0.1) is 21.4 Å². The molecule has 1 saturated carbocycles. The normalized spacial score (nSPS) is 19.0. The Morgan fingerprint density at radius 3 is 2.41 bits per heavy atom. The zero-order valence-electron chi connectivity index (χ0n) is 18.1. The maximum absolute atomic E-state index is 10.7. The van der Waals surface area contributed by atoms with E-state index in [9.17, 15) is 10.1 Å². The quantitative estimate of drug-likeness (QED) is 0.167. The van der Waals surface area contributed by atoms with Gasteiger partial charge in [-0.3, -0.25) is 10.1 Å². The summed E-state index contributed by atoms with van der Waals surface area (Å²) in [4.78, 5) is 10.3. The zero-order valence-corrected chi connectivity index (χ0v) is 19.8. The van der Waals surface area contributed by atoms with E-state index in [0.29, 0.717) is 39.7 Å². The van der Waals surface area contributed by atoms with Crippen molar-refractivity contribution in [2.45, 2.75) is 55.6 Å². The van der Waals surface area contributed by atoms with Gasteiger partial charge in [-0.1, -0.05) is 61.2 Å². The molecule has 3 aromatic rings. The highest BCUT2D eigenvalue weighted by atomic mass is 32.2. The number of aromatic nitrogens is 4. The second-order valence-corrected chi connectivity index (χ2v) is 10.3. The van der Waals surface area contributed by atoms with Crippen LogP contribution in [0.1, 0.15) is 51.0 Å². The molecule has 11 heteroatoms. The van der Waals surface area contributed by atoms with Crippen LogP contribution in [0.15, 0.2) is 55.2 Å². The van der Waals surface area contributed by atoms with Crippen LogP contribution in [0.2, 0.25) is 0 Å². The molecule has 1 fully saturated rings. The lowest BCUT2D eigenvalue weighted by Gasteiger charge is -1.98. The van der Waals surface area contributed by atoms with E-state index in [1.807, 2.05) is 0 Å². The number of hydrogen-bond donors (Lipinski definition) is 0. The molecule has 0 N–H and O–H groups in total. The van der Waals surface area contributed by atoms with Crippen LogP contribution >= 0.6 is 23.5 Å². The summed E-state index contributed by atoms with van der Waals surface area (Å²) in [6, 6.07) is 6.40. The number of nitrogens with zero attached hydrogens (tertiary/aromatic N) is 5. The van der Waals surface area contributed by atoms with Crippen LogP contribution in [-0.2, 0) is 11.5 Å². The van der Waals surface area contributed by atoms with Gasteiger partial charge in [0.1, 0.15) is 0 Å².